The molecule has 2 aromatic carbocycles. The van der Waals surface area contributed by atoms with Gasteiger partial charge in [0.2, 0.25) is 5.89 Å². The number of benzene rings is 2. The van der Waals surface area contributed by atoms with Gasteiger partial charge in [-0.2, -0.15) is 13.2 Å². The van der Waals surface area contributed by atoms with Crippen LogP contribution in [0.4, 0.5) is 13.2 Å². The third-order valence-electron chi connectivity index (χ3n) is 3.65. The molecule has 0 amide bonds. The quantitative estimate of drug-likeness (QED) is 0.512. The van der Waals surface area contributed by atoms with E-state index in [1.165, 1.54) is 12.1 Å². The minimum absolute atomic E-state index is 0.0321. The van der Waals surface area contributed by atoms with Crippen LogP contribution in [0.2, 0.25) is 0 Å². The maximum absolute atomic E-state index is 12.8. The molecule has 0 aliphatic rings. The van der Waals surface area contributed by atoms with Crippen molar-refractivity contribution in [3.8, 4) is 34.4 Å². The lowest BCUT2D eigenvalue weighted by atomic mass is 10.1. The number of aromatic nitrogens is 3. The van der Waals surface area contributed by atoms with Gasteiger partial charge in [0.25, 0.3) is 5.89 Å². The Morgan fingerprint density at radius 1 is 0.769 bits per heavy atom. The van der Waals surface area contributed by atoms with Crippen LogP contribution in [0.5, 0.6) is 0 Å². The van der Waals surface area contributed by atoms with Gasteiger partial charge in [-0.25, -0.2) is 0 Å². The Morgan fingerprint density at radius 3 is 2.27 bits per heavy atom. The van der Waals surface area contributed by atoms with Crippen molar-refractivity contribution in [2.75, 3.05) is 0 Å². The fourth-order valence-electron chi connectivity index (χ4n) is 2.39. The first-order chi connectivity index (χ1) is 12.5. The largest absolute Gasteiger partial charge is 0.416 e. The van der Waals surface area contributed by atoms with E-state index in [2.05, 4.69) is 15.4 Å². The van der Waals surface area contributed by atoms with Crippen LogP contribution in [0.1, 0.15) is 5.56 Å². The van der Waals surface area contributed by atoms with Gasteiger partial charge < -0.3 is 8.94 Å². The summed E-state index contributed by atoms with van der Waals surface area (Å²) in [6.45, 7) is 0. The highest BCUT2D eigenvalue weighted by Crippen LogP contribution is 2.33. The standard InChI is InChI=1S/C18H10F3N3O2/c19-18(20,21)13-8-4-7-12(9-13)16-22-23-17(25-16)14-10-15(26-24-14)11-5-2-1-3-6-11/h1-10H. The Balaban J connectivity index is 1.64. The minimum Gasteiger partial charge on any atom is -0.414 e. The van der Waals surface area contributed by atoms with Gasteiger partial charge in [-0.1, -0.05) is 41.6 Å². The van der Waals surface area contributed by atoms with Crippen LogP contribution in [-0.4, -0.2) is 15.4 Å². The normalized spacial score (nSPS) is 11.7. The molecule has 130 valence electrons. The van der Waals surface area contributed by atoms with Gasteiger partial charge in [-0.3, -0.25) is 0 Å². The van der Waals surface area contributed by atoms with Crippen LogP contribution in [0, 0.1) is 0 Å². The van der Waals surface area contributed by atoms with E-state index in [1.807, 2.05) is 30.3 Å². The van der Waals surface area contributed by atoms with Crippen molar-refractivity contribution in [2.45, 2.75) is 6.18 Å². The lowest BCUT2D eigenvalue weighted by Crippen LogP contribution is -2.04. The molecule has 0 saturated heterocycles. The Kier molecular flexibility index (Phi) is 3.80. The SMILES string of the molecule is FC(F)(F)c1cccc(-c2nnc(-c3cc(-c4ccccc4)on3)o2)c1. The number of nitrogens with zero attached hydrogens (tertiary/aromatic N) is 3. The zero-order valence-electron chi connectivity index (χ0n) is 13.1. The lowest BCUT2D eigenvalue weighted by molar-refractivity contribution is -0.137. The summed E-state index contributed by atoms with van der Waals surface area (Å²) >= 11 is 0. The van der Waals surface area contributed by atoms with Gasteiger partial charge in [0.05, 0.1) is 5.56 Å². The first kappa shape index (κ1) is 16.1. The topological polar surface area (TPSA) is 65.0 Å². The van der Waals surface area contributed by atoms with Crippen LogP contribution in [0.15, 0.2) is 69.6 Å². The summed E-state index contributed by atoms with van der Waals surface area (Å²) < 4.78 is 49.2. The highest BCUT2D eigenvalue weighted by atomic mass is 19.4. The van der Waals surface area contributed by atoms with Gasteiger partial charge in [-0.05, 0) is 18.2 Å². The Bertz CT molecular complexity index is 1040. The predicted octanol–water partition coefficient (Wildman–Crippen LogP) is 5.08. The van der Waals surface area contributed by atoms with Crippen molar-refractivity contribution < 1.29 is 22.1 Å². The summed E-state index contributed by atoms with van der Waals surface area (Å²) in [6.07, 6.45) is -4.45. The molecule has 4 aromatic rings. The molecule has 8 heteroatoms. The van der Waals surface area contributed by atoms with Gasteiger partial charge >= 0.3 is 6.18 Å². The van der Waals surface area contributed by atoms with E-state index in [4.69, 9.17) is 8.94 Å². The van der Waals surface area contributed by atoms with E-state index in [0.29, 0.717) is 11.5 Å². The first-order valence-corrected chi connectivity index (χ1v) is 7.54. The van der Waals surface area contributed by atoms with Gasteiger partial charge in [-0.15, -0.1) is 10.2 Å². The highest BCUT2D eigenvalue weighted by molar-refractivity contribution is 5.63. The minimum atomic E-state index is -4.45. The van der Waals surface area contributed by atoms with Crippen molar-refractivity contribution in [1.82, 2.24) is 15.4 Å². The molecule has 0 spiro atoms. The third-order valence-corrected chi connectivity index (χ3v) is 3.65. The molecule has 0 fully saturated rings. The average Bonchev–Trinajstić information content (AvgIpc) is 3.31. The second kappa shape index (κ2) is 6.14. The van der Waals surface area contributed by atoms with Crippen molar-refractivity contribution in [1.29, 1.82) is 0 Å². The number of hydrogen-bond donors (Lipinski definition) is 0. The second-order valence-corrected chi connectivity index (χ2v) is 5.43. The third kappa shape index (κ3) is 3.08. The van der Waals surface area contributed by atoms with E-state index in [-0.39, 0.29) is 17.3 Å². The Hall–Kier alpha value is -3.42. The van der Waals surface area contributed by atoms with Crippen LogP contribution in [0.3, 0.4) is 0 Å². The molecule has 0 saturated carbocycles. The van der Waals surface area contributed by atoms with E-state index in [1.54, 1.807) is 6.07 Å². The number of rotatable bonds is 3. The molecule has 5 nitrogen and oxygen atoms in total. The number of hydrogen-bond acceptors (Lipinski definition) is 5. The molecule has 0 bridgehead atoms. The first-order valence-electron chi connectivity index (χ1n) is 7.54. The zero-order chi connectivity index (χ0) is 18.1. The average molecular weight is 357 g/mol. The molecular weight excluding hydrogens is 347 g/mol. The van der Waals surface area contributed by atoms with Crippen LogP contribution >= 0.6 is 0 Å². The molecule has 2 heterocycles. The van der Waals surface area contributed by atoms with Crippen LogP contribution < -0.4 is 0 Å². The van der Waals surface area contributed by atoms with E-state index in [9.17, 15) is 13.2 Å². The zero-order valence-corrected chi connectivity index (χ0v) is 13.1. The maximum Gasteiger partial charge on any atom is 0.416 e. The van der Waals surface area contributed by atoms with Crippen molar-refractivity contribution in [3.05, 3.63) is 66.2 Å². The fraction of sp³-hybridized carbons (Fsp3) is 0.0556. The van der Waals surface area contributed by atoms with E-state index in [0.717, 1.165) is 17.7 Å². The fourth-order valence-corrected chi connectivity index (χ4v) is 2.39. The molecular formula is C18H10F3N3O2. The molecule has 26 heavy (non-hydrogen) atoms. The van der Waals surface area contributed by atoms with Gasteiger partial charge in [0, 0.05) is 17.2 Å². The number of alkyl halides is 3. The van der Waals surface area contributed by atoms with E-state index >= 15 is 0 Å². The van der Waals surface area contributed by atoms with Gasteiger partial charge in [0.1, 0.15) is 0 Å². The summed E-state index contributed by atoms with van der Waals surface area (Å²) in [6, 6.07) is 15.6. The predicted molar refractivity (Wildman–Crippen MR) is 85.7 cm³/mol. The van der Waals surface area contributed by atoms with Crippen LogP contribution in [-0.2, 0) is 6.18 Å². The van der Waals surface area contributed by atoms with Gasteiger partial charge in [0.15, 0.2) is 11.5 Å². The summed E-state index contributed by atoms with van der Waals surface area (Å²) in [7, 11) is 0. The Morgan fingerprint density at radius 2 is 1.50 bits per heavy atom. The molecule has 0 radical (unpaired) electrons. The highest BCUT2D eigenvalue weighted by Gasteiger charge is 2.31. The smallest absolute Gasteiger partial charge is 0.414 e. The van der Waals surface area contributed by atoms with Crippen molar-refractivity contribution >= 4 is 0 Å². The maximum atomic E-state index is 12.8. The van der Waals surface area contributed by atoms with Crippen molar-refractivity contribution in [2.24, 2.45) is 0 Å². The molecule has 0 atom stereocenters. The second-order valence-electron chi connectivity index (χ2n) is 5.43. The molecule has 0 unspecified atom stereocenters. The summed E-state index contributed by atoms with van der Waals surface area (Å²) in [5, 5.41) is 11.5. The number of halogens is 3. The summed E-state index contributed by atoms with van der Waals surface area (Å²) in [5.74, 6) is 0.540. The van der Waals surface area contributed by atoms with Crippen molar-refractivity contribution in [3.63, 3.8) is 0 Å². The summed E-state index contributed by atoms with van der Waals surface area (Å²) in [4.78, 5) is 0. The molecule has 0 aliphatic heterocycles. The monoisotopic (exact) mass is 357 g/mol. The molecule has 2 aromatic heterocycles. The summed E-state index contributed by atoms with van der Waals surface area (Å²) in [5.41, 5.74) is 0.506. The molecule has 0 aliphatic carbocycles. The van der Waals surface area contributed by atoms with E-state index < -0.39 is 11.7 Å². The molecule has 4 rings (SSSR count). The van der Waals surface area contributed by atoms with Crippen LogP contribution in [0.25, 0.3) is 34.4 Å². The lowest BCUT2D eigenvalue weighted by Gasteiger charge is -2.06. The Labute approximate surface area is 145 Å². The molecule has 0 N–H and O–H groups in total.